The molecule has 2 heterocycles. The van der Waals surface area contributed by atoms with E-state index in [2.05, 4.69) is 15.5 Å². The maximum atomic E-state index is 12.4. The molecule has 2 aromatic carbocycles. The molecule has 8 heteroatoms. The second-order valence-corrected chi connectivity index (χ2v) is 7.02. The Hall–Kier alpha value is -3.68. The predicted octanol–water partition coefficient (Wildman–Crippen LogP) is 2.71. The molecular weight excluding hydrogens is 382 g/mol. The summed E-state index contributed by atoms with van der Waals surface area (Å²) in [6, 6.07) is 12.1. The van der Waals surface area contributed by atoms with Crippen molar-refractivity contribution in [3.63, 3.8) is 0 Å². The van der Waals surface area contributed by atoms with E-state index in [4.69, 9.17) is 9.73 Å². The number of benzene rings is 2. The van der Waals surface area contributed by atoms with E-state index in [0.717, 1.165) is 16.8 Å². The van der Waals surface area contributed by atoms with Gasteiger partial charge in [0.15, 0.2) is 5.82 Å². The highest BCUT2D eigenvalue weighted by atomic mass is 16.5. The van der Waals surface area contributed by atoms with E-state index >= 15 is 0 Å². The van der Waals surface area contributed by atoms with Crippen LogP contribution < -0.4 is 10.1 Å². The summed E-state index contributed by atoms with van der Waals surface area (Å²) in [5.74, 6) is 2.07. The topological polar surface area (TPSA) is 102 Å². The fourth-order valence-corrected chi connectivity index (χ4v) is 3.63. The molecule has 1 amide bonds. The van der Waals surface area contributed by atoms with Crippen molar-refractivity contribution in [1.29, 1.82) is 0 Å². The van der Waals surface area contributed by atoms with Gasteiger partial charge in [-0.2, -0.15) is 0 Å². The second-order valence-electron chi connectivity index (χ2n) is 7.02. The molecule has 0 saturated heterocycles. The quantitative estimate of drug-likeness (QED) is 0.680. The second kappa shape index (κ2) is 7.98. The van der Waals surface area contributed by atoms with Crippen LogP contribution in [0.4, 0.5) is 0 Å². The van der Waals surface area contributed by atoms with Crippen LogP contribution in [0, 0.1) is 6.92 Å². The molecule has 0 spiro atoms. The molecule has 0 aliphatic carbocycles. The summed E-state index contributed by atoms with van der Waals surface area (Å²) in [6.45, 7) is 4.30. The van der Waals surface area contributed by atoms with Crippen LogP contribution in [-0.2, 0) is 4.79 Å². The smallest absolute Gasteiger partial charge is 0.222 e. The minimum atomic E-state index is -0.514. The van der Waals surface area contributed by atoms with E-state index in [-0.39, 0.29) is 18.1 Å². The number of carbonyl (C=O) groups is 1. The first kappa shape index (κ1) is 19.6. The summed E-state index contributed by atoms with van der Waals surface area (Å²) in [7, 11) is 1.61. The van der Waals surface area contributed by atoms with E-state index < -0.39 is 6.04 Å². The Bertz CT molecular complexity index is 1120. The lowest BCUT2D eigenvalue weighted by atomic mass is 9.99. The number of methoxy groups -OCH3 is 1. The number of aromatic hydroxyl groups is 1. The van der Waals surface area contributed by atoms with Gasteiger partial charge in [-0.3, -0.25) is 14.4 Å². The van der Waals surface area contributed by atoms with Crippen LogP contribution in [0.5, 0.6) is 11.5 Å². The summed E-state index contributed by atoms with van der Waals surface area (Å²) >= 11 is 0. The van der Waals surface area contributed by atoms with Crippen molar-refractivity contribution in [3.05, 3.63) is 65.2 Å². The van der Waals surface area contributed by atoms with Gasteiger partial charge in [-0.05, 0) is 56.3 Å². The average Bonchev–Trinajstić information content (AvgIpc) is 3.06. The minimum Gasteiger partial charge on any atom is -0.508 e. The molecule has 8 nitrogen and oxygen atoms in total. The molecule has 0 unspecified atom stereocenters. The normalized spacial score (nSPS) is 14.9. The summed E-state index contributed by atoms with van der Waals surface area (Å²) in [4.78, 5) is 17.4. The molecule has 3 aromatic rings. The number of ether oxygens (including phenoxy) is 1. The SMILES string of the molecule is CCNC(=O)C[C@@H]1N=C(c2ccc(O)cc2)c2cc(OC)ccc2-n2c(C)nnc21. The minimum absolute atomic E-state index is 0.105. The van der Waals surface area contributed by atoms with Gasteiger partial charge in [-0.25, -0.2) is 0 Å². The number of phenolic OH excluding ortho intramolecular Hbond substituents is 1. The van der Waals surface area contributed by atoms with Crippen molar-refractivity contribution in [1.82, 2.24) is 20.1 Å². The number of fused-ring (bicyclic) bond motifs is 3. The third-order valence-corrected chi connectivity index (χ3v) is 5.03. The molecule has 0 saturated carbocycles. The van der Waals surface area contributed by atoms with Crippen molar-refractivity contribution in [2.75, 3.05) is 13.7 Å². The van der Waals surface area contributed by atoms with Crippen LogP contribution >= 0.6 is 0 Å². The van der Waals surface area contributed by atoms with E-state index in [9.17, 15) is 9.90 Å². The number of amides is 1. The molecule has 30 heavy (non-hydrogen) atoms. The van der Waals surface area contributed by atoms with E-state index in [1.54, 1.807) is 31.4 Å². The zero-order chi connectivity index (χ0) is 21.3. The Morgan fingerprint density at radius 2 is 1.97 bits per heavy atom. The van der Waals surface area contributed by atoms with Gasteiger partial charge in [-0.1, -0.05) is 0 Å². The molecule has 4 rings (SSSR count). The van der Waals surface area contributed by atoms with Gasteiger partial charge in [0.25, 0.3) is 0 Å². The first-order valence-electron chi connectivity index (χ1n) is 9.76. The first-order chi connectivity index (χ1) is 14.5. The molecular formula is C22H23N5O3. The van der Waals surface area contributed by atoms with Gasteiger partial charge >= 0.3 is 0 Å². The number of aromatic nitrogens is 3. The zero-order valence-corrected chi connectivity index (χ0v) is 17.1. The maximum absolute atomic E-state index is 12.4. The predicted molar refractivity (Wildman–Crippen MR) is 112 cm³/mol. The van der Waals surface area contributed by atoms with Crippen LogP contribution in [0.15, 0.2) is 47.5 Å². The Kier molecular flexibility index (Phi) is 5.22. The molecule has 154 valence electrons. The highest BCUT2D eigenvalue weighted by molar-refractivity contribution is 6.15. The van der Waals surface area contributed by atoms with E-state index in [1.807, 2.05) is 36.6 Å². The molecule has 0 radical (unpaired) electrons. The number of aryl methyl sites for hydroxylation is 1. The number of rotatable bonds is 5. The van der Waals surface area contributed by atoms with Gasteiger partial charge in [0, 0.05) is 17.7 Å². The fourth-order valence-electron chi connectivity index (χ4n) is 3.63. The number of hydrogen-bond donors (Lipinski definition) is 2. The zero-order valence-electron chi connectivity index (χ0n) is 17.1. The summed E-state index contributed by atoms with van der Waals surface area (Å²) < 4.78 is 7.39. The van der Waals surface area contributed by atoms with Crippen molar-refractivity contribution in [3.8, 4) is 17.2 Å². The Morgan fingerprint density at radius 3 is 2.67 bits per heavy atom. The van der Waals surface area contributed by atoms with Crippen LogP contribution in [0.1, 0.15) is 42.2 Å². The molecule has 1 aliphatic rings. The lowest BCUT2D eigenvalue weighted by Gasteiger charge is -2.14. The number of aliphatic imine (C=N–C) groups is 1. The largest absolute Gasteiger partial charge is 0.508 e. The van der Waals surface area contributed by atoms with Gasteiger partial charge in [0.2, 0.25) is 5.91 Å². The first-order valence-corrected chi connectivity index (χ1v) is 9.76. The molecule has 1 aliphatic heterocycles. The molecule has 1 aromatic heterocycles. The molecule has 1 atom stereocenters. The molecule has 0 bridgehead atoms. The van der Waals surface area contributed by atoms with Crippen molar-refractivity contribution in [2.24, 2.45) is 4.99 Å². The highest BCUT2D eigenvalue weighted by Gasteiger charge is 2.29. The van der Waals surface area contributed by atoms with Gasteiger partial charge in [-0.15, -0.1) is 10.2 Å². The van der Waals surface area contributed by atoms with Crippen LogP contribution in [-0.4, -0.2) is 45.1 Å². The third kappa shape index (κ3) is 3.52. The lowest BCUT2D eigenvalue weighted by molar-refractivity contribution is -0.121. The number of nitrogens with zero attached hydrogens (tertiary/aromatic N) is 4. The van der Waals surface area contributed by atoms with Gasteiger partial charge in [0.05, 0.1) is 24.9 Å². The third-order valence-electron chi connectivity index (χ3n) is 5.03. The van der Waals surface area contributed by atoms with Crippen molar-refractivity contribution < 1.29 is 14.6 Å². The Morgan fingerprint density at radius 1 is 1.20 bits per heavy atom. The van der Waals surface area contributed by atoms with Crippen molar-refractivity contribution in [2.45, 2.75) is 26.3 Å². The highest BCUT2D eigenvalue weighted by Crippen LogP contribution is 2.34. The standard InChI is InChI=1S/C22H23N5O3/c1-4-23-20(29)12-18-22-26-25-13(2)27(22)19-10-9-16(30-3)11-17(19)21(24-18)14-5-7-15(28)8-6-14/h5-11,18,28H,4,12H2,1-3H3,(H,23,29)/t18-/m0/s1. The summed E-state index contributed by atoms with van der Waals surface area (Å²) in [5, 5.41) is 21.2. The fraction of sp³-hybridized carbons (Fsp3) is 0.273. The maximum Gasteiger partial charge on any atom is 0.222 e. The number of carbonyl (C=O) groups excluding carboxylic acids is 1. The lowest BCUT2D eigenvalue weighted by Crippen LogP contribution is -2.25. The monoisotopic (exact) mass is 405 g/mol. The molecule has 0 fully saturated rings. The molecule has 2 N–H and O–H groups in total. The van der Waals surface area contributed by atoms with E-state index in [1.165, 1.54) is 0 Å². The Labute approximate surface area is 174 Å². The van der Waals surface area contributed by atoms with Crippen LogP contribution in [0.3, 0.4) is 0 Å². The van der Waals surface area contributed by atoms with Gasteiger partial charge in [0.1, 0.15) is 23.4 Å². The van der Waals surface area contributed by atoms with Crippen molar-refractivity contribution >= 4 is 11.6 Å². The number of nitrogens with one attached hydrogen (secondary N) is 1. The summed E-state index contributed by atoms with van der Waals surface area (Å²) in [6.07, 6.45) is 0.151. The Balaban J connectivity index is 1.96. The number of phenols is 1. The van der Waals surface area contributed by atoms with Gasteiger partial charge < -0.3 is 15.2 Å². The number of hydrogen-bond acceptors (Lipinski definition) is 6. The summed E-state index contributed by atoms with van der Waals surface area (Å²) in [5.41, 5.74) is 3.21. The van der Waals surface area contributed by atoms with Crippen LogP contribution in [0.25, 0.3) is 5.69 Å². The van der Waals surface area contributed by atoms with Crippen LogP contribution in [0.2, 0.25) is 0 Å². The average molecular weight is 405 g/mol. The van der Waals surface area contributed by atoms with E-state index in [0.29, 0.717) is 29.7 Å².